The van der Waals surface area contributed by atoms with Gasteiger partial charge >= 0.3 is 0 Å². The van der Waals surface area contributed by atoms with Gasteiger partial charge < -0.3 is 4.90 Å². The van der Waals surface area contributed by atoms with E-state index < -0.39 is 0 Å². The highest BCUT2D eigenvalue weighted by Crippen LogP contribution is 2.31. The van der Waals surface area contributed by atoms with Gasteiger partial charge in [-0.05, 0) is 38.5 Å². The Morgan fingerprint density at radius 2 is 1.79 bits per heavy atom. The van der Waals surface area contributed by atoms with Crippen molar-refractivity contribution < 1.29 is 4.79 Å². The normalized spacial score (nSPS) is 15.5. The second-order valence-corrected chi connectivity index (χ2v) is 5.34. The molecule has 1 rings (SSSR count). The fraction of sp³-hybridized carbons (Fsp3) is 0.706. The van der Waals surface area contributed by atoms with Crippen molar-refractivity contribution in [2.24, 2.45) is 5.92 Å². The van der Waals surface area contributed by atoms with Crippen LogP contribution >= 0.6 is 0 Å². The Bertz CT molecular complexity index is 302. The third kappa shape index (κ3) is 7.19. The van der Waals surface area contributed by atoms with E-state index >= 15 is 0 Å². The first-order valence-corrected chi connectivity index (χ1v) is 7.88. The molecule has 108 valence electrons. The minimum Gasteiger partial charge on any atom is -0.339 e. The number of unbranched alkanes of at least 4 members (excludes halogenated alkanes) is 2. The summed E-state index contributed by atoms with van der Waals surface area (Å²) in [6.07, 6.45) is 16.6. The van der Waals surface area contributed by atoms with Crippen molar-refractivity contribution in [3.63, 3.8) is 0 Å². The van der Waals surface area contributed by atoms with Crippen molar-refractivity contribution in [3.8, 4) is 0 Å². The fourth-order valence-corrected chi connectivity index (χ4v) is 2.03. The van der Waals surface area contributed by atoms with Crippen LogP contribution in [-0.4, -0.2) is 23.9 Å². The Kier molecular flexibility index (Phi) is 8.28. The lowest BCUT2D eigenvalue weighted by Crippen LogP contribution is -2.33. The average Bonchev–Trinajstić information content (AvgIpc) is 3.25. The lowest BCUT2D eigenvalue weighted by atomic mass is 10.2. The first-order valence-electron chi connectivity index (χ1n) is 7.88. The molecule has 0 spiro atoms. The minimum atomic E-state index is 0.345. The van der Waals surface area contributed by atoms with Crippen molar-refractivity contribution in [2.45, 2.75) is 58.8 Å². The molecular weight excluding hydrogens is 234 g/mol. The second kappa shape index (κ2) is 9.82. The Labute approximate surface area is 118 Å². The smallest absolute Gasteiger partial charge is 0.225 e. The van der Waals surface area contributed by atoms with Crippen LogP contribution in [0.15, 0.2) is 24.3 Å². The van der Waals surface area contributed by atoms with Crippen LogP contribution in [0.1, 0.15) is 58.8 Å². The van der Waals surface area contributed by atoms with Crippen LogP contribution in [0.2, 0.25) is 0 Å². The largest absolute Gasteiger partial charge is 0.339 e. The number of carbonyl (C=O) groups is 1. The summed E-state index contributed by atoms with van der Waals surface area (Å²) in [5.74, 6) is 0.724. The Balaban J connectivity index is 2.24. The monoisotopic (exact) mass is 263 g/mol. The van der Waals surface area contributed by atoms with Crippen LogP contribution in [0.5, 0.6) is 0 Å². The molecule has 0 heterocycles. The van der Waals surface area contributed by atoms with Gasteiger partial charge in [0.15, 0.2) is 0 Å². The molecule has 0 aromatic carbocycles. The van der Waals surface area contributed by atoms with E-state index in [1.807, 2.05) is 4.90 Å². The standard InChI is InChI=1S/C17H29NO/c1-3-5-7-8-9-10-11-15-18(14-6-4-2)17(19)16-12-13-16/h5,7,10-11,16H,3-4,6,8-9,12-15H2,1-2H3/b7-5-,11-10+. The van der Waals surface area contributed by atoms with Crippen molar-refractivity contribution in [2.75, 3.05) is 13.1 Å². The maximum Gasteiger partial charge on any atom is 0.225 e. The zero-order valence-electron chi connectivity index (χ0n) is 12.6. The lowest BCUT2D eigenvalue weighted by molar-refractivity contribution is -0.132. The van der Waals surface area contributed by atoms with Gasteiger partial charge in [0.25, 0.3) is 0 Å². The molecule has 0 saturated heterocycles. The van der Waals surface area contributed by atoms with Gasteiger partial charge in [0.1, 0.15) is 0 Å². The lowest BCUT2D eigenvalue weighted by Gasteiger charge is -2.20. The van der Waals surface area contributed by atoms with E-state index in [0.29, 0.717) is 11.8 Å². The maximum atomic E-state index is 12.1. The average molecular weight is 263 g/mol. The molecule has 0 aliphatic heterocycles. The molecule has 1 saturated carbocycles. The highest BCUT2D eigenvalue weighted by Gasteiger charge is 2.32. The first-order chi connectivity index (χ1) is 9.29. The molecule has 19 heavy (non-hydrogen) atoms. The summed E-state index contributed by atoms with van der Waals surface area (Å²) in [4.78, 5) is 14.1. The van der Waals surface area contributed by atoms with Crippen LogP contribution in [0, 0.1) is 5.92 Å². The van der Waals surface area contributed by atoms with Gasteiger partial charge in [0, 0.05) is 19.0 Å². The second-order valence-electron chi connectivity index (χ2n) is 5.34. The van der Waals surface area contributed by atoms with Crippen LogP contribution in [0.25, 0.3) is 0 Å². The summed E-state index contributed by atoms with van der Waals surface area (Å²) >= 11 is 0. The molecule has 1 aliphatic carbocycles. The van der Waals surface area contributed by atoms with Crippen LogP contribution in [0.4, 0.5) is 0 Å². The molecule has 0 aromatic heterocycles. The summed E-state index contributed by atoms with van der Waals surface area (Å²) in [5.41, 5.74) is 0. The Morgan fingerprint density at radius 3 is 2.37 bits per heavy atom. The van der Waals surface area contributed by atoms with Crippen molar-refractivity contribution >= 4 is 5.91 Å². The topological polar surface area (TPSA) is 20.3 Å². The summed E-state index contributed by atoms with van der Waals surface area (Å²) < 4.78 is 0. The molecule has 1 fully saturated rings. The zero-order chi connectivity index (χ0) is 13.9. The number of nitrogens with zero attached hydrogens (tertiary/aromatic N) is 1. The van der Waals surface area contributed by atoms with Crippen LogP contribution in [-0.2, 0) is 4.79 Å². The van der Waals surface area contributed by atoms with E-state index in [9.17, 15) is 4.79 Å². The van der Waals surface area contributed by atoms with Crippen molar-refractivity contribution in [3.05, 3.63) is 24.3 Å². The molecule has 1 aliphatic rings. The van der Waals surface area contributed by atoms with Gasteiger partial charge in [-0.2, -0.15) is 0 Å². The quantitative estimate of drug-likeness (QED) is 0.424. The highest BCUT2D eigenvalue weighted by atomic mass is 16.2. The van der Waals surface area contributed by atoms with Gasteiger partial charge in [-0.1, -0.05) is 44.6 Å². The van der Waals surface area contributed by atoms with E-state index in [2.05, 4.69) is 38.2 Å². The molecular formula is C17H29NO. The number of rotatable bonds is 10. The Morgan fingerprint density at radius 1 is 1.11 bits per heavy atom. The molecule has 0 bridgehead atoms. The molecule has 0 unspecified atom stereocenters. The molecule has 0 radical (unpaired) electrons. The third-order valence-corrected chi connectivity index (χ3v) is 3.41. The third-order valence-electron chi connectivity index (χ3n) is 3.41. The van der Waals surface area contributed by atoms with Gasteiger partial charge in [0.2, 0.25) is 5.91 Å². The summed E-state index contributed by atoms with van der Waals surface area (Å²) in [6, 6.07) is 0. The Hall–Kier alpha value is -1.05. The van der Waals surface area contributed by atoms with Gasteiger partial charge in [0.05, 0.1) is 0 Å². The maximum absolute atomic E-state index is 12.1. The van der Waals surface area contributed by atoms with E-state index in [-0.39, 0.29) is 0 Å². The molecule has 2 nitrogen and oxygen atoms in total. The highest BCUT2D eigenvalue weighted by molar-refractivity contribution is 5.81. The van der Waals surface area contributed by atoms with Crippen LogP contribution < -0.4 is 0 Å². The minimum absolute atomic E-state index is 0.345. The zero-order valence-corrected chi connectivity index (χ0v) is 12.6. The van der Waals surface area contributed by atoms with Gasteiger partial charge in [-0.25, -0.2) is 0 Å². The molecule has 0 N–H and O–H groups in total. The molecule has 1 amide bonds. The SMILES string of the molecule is CC/C=C\CC/C=C/CN(CCCC)C(=O)C1CC1. The van der Waals surface area contributed by atoms with Crippen LogP contribution in [0.3, 0.4) is 0 Å². The predicted octanol–water partition coefficient (Wildman–Crippen LogP) is 4.33. The summed E-state index contributed by atoms with van der Waals surface area (Å²) in [6.45, 7) is 6.05. The van der Waals surface area contributed by atoms with E-state index in [1.54, 1.807) is 0 Å². The van der Waals surface area contributed by atoms with Crippen molar-refractivity contribution in [1.82, 2.24) is 4.90 Å². The number of carbonyl (C=O) groups excluding carboxylic acids is 1. The first kappa shape index (κ1) is 16.0. The predicted molar refractivity (Wildman–Crippen MR) is 82.0 cm³/mol. The molecule has 0 atom stereocenters. The number of amides is 1. The fourth-order valence-electron chi connectivity index (χ4n) is 2.03. The van der Waals surface area contributed by atoms with E-state index in [0.717, 1.165) is 58.0 Å². The van der Waals surface area contributed by atoms with E-state index in [1.165, 1.54) is 0 Å². The molecule has 0 aromatic rings. The van der Waals surface area contributed by atoms with Gasteiger partial charge in [-0.15, -0.1) is 0 Å². The summed E-state index contributed by atoms with van der Waals surface area (Å²) in [7, 11) is 0. The summed E-state index contributed by atoms with van der Waals surface area (Å²) in [5, 5.41) is 0. The van der Waals surface area contributed by atoms with Gasteiger partial charge in [-0.3, -0.25) is 4.79 Å². The van der Waals surface area contributed by atoms with E-state index in [4.69, 9.17) is 0 Å². The number of hydrogen-bond acceptors (Lipinski definition) is 1. The number of allylic oxidation sites excluding steroid dienone is 3. The number of hydrogen-bond donors (Lipinski definition) is 0. The molecule has 2 heteroatoms. The van der Waals surface area contributed by atoms with Crippen molar-refractivity contribution in [1.29, 1.82) is 0 Å².